The number of hydrogen-bond donors (Lipinski definition) is 0. The molecular formula is C10H8IN3O4. The van der Waals surface area contributed by atoms with Crippen molar-refractivity contribution in [2.24, 2.45) is 0 Å². The Balaban J connectivity index is 2.54. The average Bonchev–Trinajstić information content (AvgIpc) is 2.73. The van der Waals surface area contributed by atoms with Crippen LogP contribution in [0.1, 0.15) is 17.4 Å². The van der Waals surface area contributed by atoms with Crippen molar-refractivity contribution in [3.05, 3.63) is 37.8 Å². The van der Waals surface area contributed by atoms with Crippen LogP contribution in [-0.4, -0.2) is 26.9 Å². The topological polar surface area (TPSA) is 86.7 Å². The number of nitro groups is 1. The minimum absolute atomic E-state index is 0.0558. The van der Waals surface area contributed by atoms with Gasteiger partial charge in [0.15, 0.2) is 11.3 Å². The lowest BCUT2D eigenvalue weighted by Crippen LogP contribution is -2.04. The van der Waals surface area contributed by atoms with E-state index in [2.05, 4.69) is 4.98 Å². The highest BCUT2D eigenvalue weighted by Gasteiger charge is 2.16. The predicted octanol–water partition coefficient (Wildman–Crippen LogP) is 2.02. The van der Waals surface area contributed by atoms with Crippen molar-refractivity contribution in [1.82, 2.24) is 9.38 Å². The summed E-state index contributed by atoms with van der Waals surface area (Å²) in [5, 5.41) is 10.7. The lowest BCUT2D eigenvalue weighted by Gasteiger charge is -1.96. The summed E-state index contributed by atoms with van der Waals surface area (Å²) < 4.78 is 6.87. The summed E-state index contributed by atoms with van der Waals surface area (Å²) in [6, 6.07) is 1.40. The van der Waals surface area contributed by atoms with E-state index >= 15 is 0 Å². The third-order valence-corrected chi connectivity index (χ3v) is 2.98. The summed E-state index contributed by atoms with van der Waals surface area (Å²) in [7, 11) is 0. The highest BCUT2D eigenvalue weighted by molar-refractivity contribution is 14.1. The van der Waals surface area contributed by atoms with Crippen LogP contribution in [0.3, 0.4) is 0 Å². The van der Waals surface area contributed by atoms with Gasteiger partial charge in [0, 0.05) is 12.3 Å². The zero-order valence-corrected chi connectivity index (χ0v) is 11.4. The van der Waals surface area contributed by atoms with Crippen molar-refractivity contribution in [1.29, 1.82) is 0 Å². The first-order valence-electron chi connectivity index (χ1n) is 5.02. The zero-order valence-electron chi connectivity index (χ0n) is 9.29. The Kier molecular flexibility index (Phi) is 3.45. The van der Waals surface area contributed by atoms with Gasteiger partial charge < -0.3 is 4.74 Å². The summed E-state index contributed by atoms with van der Waals surface area (Å²) in [5.41, 5.74) is 0.569. The number of hydrogen-bond acceptors (Lipinski definition) is 5. The van der Waals surface area contributed by atoms with E-state index in [4.69, 9.17) is 4.74 Å². The predicted molar refractivity (Wildman–Crippen MR) is 70.5 cm³/mol. The molecule has 0 spiro atoms. The van der Waals surface area contributed by atoms with Gasteiger partial charge in [0.2, 0.25) is 0 Å². The molecule has 0 saturated heterocycles. The smallest absolute Gasteiger partial charge is 0.358 e. The Labute approximate surface area is 115 Å². The largest absolute Gasteiger partial charge is 0.461 e. The van der Waals surface area contributed by atoms with E-state index in [-0.39, 0.29) is 18.0 Å². The van der Waals surface area contributed by atoms with Crippen LogP contribution >= 0.6 is 22.6 Å². The van der Waals surface area contributed by atoms with Crippen molar-refractivity contribution in [3.63, 3.8) is 0 Å². The first-order valence-corrected chi connectivity index (χ1v) is 6.10. The Morgan fingerprint density at radius 1 is 1.61 bits per heavy atom. The summed E-state index contributed by atoms with van der Waals surface area (Å²) in [5.74, 6) is -0.542. The highest BCUT2D eigenvalue weighted by atomic mass is 127. The van der Waals surface area contributed by atoms with Gasteiger partial charge in [0.1, 0.15) is 0 Å². The summed E-state index contributed by atoms with van der Waals surface area (Å²) in [4.78, 5) is 25.8. The summed E-state index contributed by atoms with van der Waals surface area (Å²) in [6.07, 6.45) is 2.73. The van der Waals surface area contributed by atoms with Gasteiger partial charge in [-0.1, -0.05) is 0 Å². The molecule has 0 unspecified atom stereocenters. The van der Waals surface area contributed by atoms with Gasteiger partial charge in [-0.25, -0.2) is 9.78 Å². The molecular weight excluding hydrogens is 353 g/mol. The maximum absolute atomic E-state index is 11.5. The number of pyridine rings is 1. The van der Waals surface area contributed by atoms with Gasteiger partial charge in [-0.05, 0) is 29.5 Å². The standard InChI is InChI=1S/C10H8IN3O4/c1-2-18-10(15)8-5-13-4-6(14(16)17)3-7(11)9(13)12-8/h3-5H,2H2,1H3. The molecule has 18 heavy (non-hydrogen) atoms. The van der Waals surface area contributed by atoms with Crippen LogP contribution < -0.4 is 0 Å². The quantitative estimate of drug-likeness (QED) is 0.361. The minimum Gasteiger partial charge on any atom is -0.461 e. The van der Waals surface area contributed by atoms with Crippen LogP contribution in [0.2, 0.25) is 0 Å². The SMILES string of the molecule is CCOC(=O)c1cn2cc([N+](=O)[O-])cc(I)c2n1. The van der Waals surface area contributed by atoms with E-state index in [9.17, 15) is 14.9 Å². The van der Waals surface area contributed by atoms with Crippen LogP contribution in [-0.2, 0) is 4.74 Å². The molecule has 0 saturated carbocycles. The molecule has 0 N–H and O–H groups in total. The van der Waals surface area contributed by atoms with Crippen molar-refractivity contribution >= 4 is 39.9 Å². The fraction of sp³-hybridized carbons (Fsp3) is 0.200. The lowest BCUT2D eigenvalue weighted by atomic mass is 10.4. The van der Waals surface area contributed by atoms with E-state index in [1.807, 2.05) is 22.6 Å². The number of ether oxygens (including phenoxy) is 1. The molecule has 8 heteroatoms. The molecule has 2 rings (SSSR count). The van der Waals surface area contributed by atoms with E-state index < -0.39 is 10.9 Å². The molecule has 0 aromatic carbocycles. The number of carbonyl (C=O) groups is 1. The van der Waals surface area contributed by atoms with Crippen molar-refractivity contribution in [3.8, 4) is 0 Å². The minimum atomic E-state index is -0.542. The molecule has 94 valence electrons. The lowest BCUT2D eigenvalue weighted by molar-refractivity contribution is -0.385. The molecule has 0 amide bonds. The van der Waals surface area contributed by atoms with E-state index in [1.54, 1.807) is 6.92 Å². The van der Waals surface area contributed by atoms with Gasteiger partial charge in [-0.3, -0.25) is 14.5 Å². The van der Waals surface area contributed by atoms with Crippen molar-refractivity contribution in [2.75, 3.05) is 6.61 Å². The van der Waals surface area contributed by atoms with Gasteiger partial charge in [0.05, 0.1) is 21.3 Å². The highest BCUT2D eigenvalue weighted by Crippen LogP contribution is 2.20. The van der Waals surface area contributed by atoms with Gasteiger partial charge in [-0.2, -0.15) is 0 Å². The molecule has 2 heterocycles. The Bertz CT molecular complexity index is 637. The number of aromatic nitrogens is 2. The molecule has 0 atom stereocenters. The molecule has 7 nitrogen and oxygen atoms in total. The maximum atomic E-state index is 11.5. The fourth-order valence-electron chi connectivity index (χ4n) is 1.45. The number of halogens is 1. The monoisotopic (exact) mass is 361 g/mol. The molecule has 0 aliphatic heterocycles. The summed E-state index contributed by atoms with van der Waals surface area (Å²) in [6.45, 7) is 1.95. The first-order chi connectivity index (χ1) is 8.52. The Morgan fingerprint density at radius 3 is 2.94 bits per heavy atom. The number of rotatable bonds is 3. The van der Waals surface area contributed by atoms with E-state index in [1.165, 1.54) is 22.9 Å². The molecule has 0 aliphatic carbocycles. The second kappa shape index (κ2) is 4.88. The van der Waals surface area contributed by atoms with Gasteiger partial charge >= 0.3 is 5.97 Å². The van der Waals surface area contributed by atoms with Crippen LogP contribution in [0.4, 0.5) is 5.69 Å². The number of imidazole rings is 1. The third-order valence-electron chi connectivity index (χ3n) is 2.19. The van der Waals surface area contributed by atoms with Gasteiger partial charge in [-0.15, -0.1) is 0 Å². The average molecular weight is 361 g/mol. The normalized spacial score (nSPS) is 10.6. The molecule has 0 fully saturated rings. The maximum Gasteiger partial charge on any atom is 0.358 e. The van der Waals surface area contributed by atoms with Crippen LogP contribution in [0.25, 0.3) is 5.65 Å². The second-order valence-electron chi connectivity index (χ2n) is 3.38. The Morgan fingerprint density at radius 2 is 2.33 bits per heavy atom. The van der Waals surface area contributed by atoms with E-state index in [0.717, 1.165) is 0 Å². The number of carbonyl (C=O) groups excluding carboxylic acids is 1. The number of nitrogens with zero attached hydrogens (tertiary/aromatic N) is 3. The van der Waals surface area contributed by atoms with Crippen LogP contribution in [0.15, 0.2) is 18.5 Å². The zero-order chi connectivity index (χ0) is 13.3. The summed E-state index contributed by atoms with van der Waals surface area (Å²) >= 11 is 1.94. The number of fused-ring (bicyclic) bond motifs is 1. The molecule has 0 bridgehead atoms. The Hall–Kier alpha value is -1.71. The van der Waals surface area contributed by atoms with Crippen LogP contribution in [0, 0.1) is 13.7 Å². The number of esters is 1. The first kappa shape index (κ1) is 12.7. The molecule has 0 radical (unpaired) electrons. The van der Waals surface area contributed by atoms with Crippen molar-refractivity contribution in [2.45, 2.75) is 6.92 Å². The molecule has 2 aromatic rings. The molecule has 0 aliphatic rings. The van der Waals surface area contributed by atoms with Crippen LogP contribution in [0.5, 0.6) is 0 Å². The van der Waals surface area contributed by atoms with Crippen molar-refractivity contribution < 1.29 is 14.5 Å². The third kappa shape index (κ3) is 2.28. The van der Waals surface area contributed by atoms with E-state index in [0.29, 0.717) is 9.22 Å². The van der Waals surface area contributed by atoms with Gasteiger partial charge in [0.25, 0.3) is 5.69 Å². The second-order valence-corrected chi connectivity index (χ2v) is 4.54. The fourth-order valence-corrected chi connectivity index (χ4v) is 2.16. The molecule has 2 aromatic heterocycles.